The van der Waals surface area contributed by atoms with Crippen molar-refractivity contribution in [3.05, 3.63) is 52.2 Å². The molecule has 128 valence electrons. The van der Waals surface area contributed by atoms with Gasteiger partial charge in [-0.15, -0.1) is 0 Å². The van der Waals surface area contributed by atoms with E-state index < -0.39 is 15.7 Å². The standard InChI is InChI=1S/C17H20N2O4S/c1-12-7-8-15(11-13(12)2)24(22,23)19-10-9-18(17(19)21)16(20)14-5-3-4-6-14/h7-11,14H,3-6H2,1-2H3. The van der Waals surface area contributed by atoms with Gasteiger partial charge in [-0.3, -0.25) is 4.79 Å². The Morgan fingerprint density at radius 3 is 2.38 bits per heavy atom. The first-order chi connectivity index (χ1) is 11.3. The highest BCUT2D eigenvalue weighted by Crippen LogP contribution is 2.26. The zero-order chi connectivity index (χ0) is 17.5. The van der Waals surface area contributed by atoms with E-state index in [0.29, 0.717) is 3.97 Å². The van der Waals surface area contributed by atoms with E-state index >= 15 is 0 Å². The summed E-state index contributed by atoms with van der Waals surface area (Å²) in [6.45, 7) is 3.70. The smallest absolute Gasteiger partial charge is 0.274 e. The van der Waals surface area contributed by atoms with E-state index in [-0.39, 0.29) is 16.7 Å². The Hall–Kier alpha value is -2.15. The molecular weight excluding hydrogens is 328 g/mol. The summed E-state index contributed by atoms with van der Waals surface area (Å²) in [6, 6.07) is 4.71. The number of aryl methyl sites for hydroxylation is 2. The number of hydrogen-bond acceptors (Lipinski definition) is 4. The summed E-state index contributed by atoms with van der Waals surface area (Å²) in [6.07, 6.45) is 5.83. The third-order valence-corrected chi connectivity index (χ3v) is 6.37. The predicted molar refractivity (Wildman–Crippen MR) is 89.8 cm³/mol. The summed E-state index contributed by atoms with van der Waals surface area (Å²) in [5.41, 5.74) is 0.964. The highest BCUT2D eigenvalue weighted by atomic mass is 32.2. The number of rotatable bonds is 3. The molecule has 0 saturated heterocycles. The lowest BCUT2D eigenvalue weighted by Gasteiger charge is -2.08. The fourth-order valence-electron chi connectivity index (χ4n) is 3.07. The molecule has 0 aliphatic heterocycles. The summed E-state index contributed by atoms with van der Waals surface area (Å²) in [7, 11) is -4.01. The van der Waals surface area contributed by atoms with Crippen LogP contribution in [0, 0.1) is 19.8 Å². The number of aromatic nitrogens is 2. The van der Waals surface area contributed by atoms with Crippen molar-refractivity contribution in [2.45, 2.75) is 44.4 Å². The van der Waals surface area contributed by atoms with Crippen molar-refractivity contribution in [3.63, 3.8) is 0 Å². The van der Waals surface area contributed by atoms with Crippen molar-refractivity contribution < 1.29 is 13.2 Å². The first-order valence-corrected chi connectivity index (χ1v) is 9.43. The van der Waals surface area contributed by atoms with Gasteiger partial charge < -0.3 is 0 Å². The molecule has 0 radical (unpaired) electrons. The Kier molecular flexibility index (Phi) is 4.21. The van der Waals surface area contributed by atoms with Crippen molar-refractivity contribution in [2.24, 2.45) is 5.92 Å². The van der Waals surface area contributed by atoms with Gasteiger partial charge in [0.2, 0.25) is 5.91 Å². The minimum atomic E-state index is -4.01. The maximum absolute atomic E-state index is 12.7. The zero-order valence-electron chi connectivity index (χ0n) is 13.7. The van der Waals surface area contributed by atoms with Gasteiger partial charge >= 0.3 is 5.69 Å². The molecule has 0 atom stereocenters. The molecule has 1 aliphatic rings. The summed E-state index contributed by atoms with van der Waals surface area (Å²) < 4.78 is 27.0. The third-order valence-electron chi connectivity index (χ3n) is 4.72. The second-order valence-corrected chi connectivity index (χ2v) is 8.13. The van der Waals surface area contributed by atoms with E-state index in [1.165, 1.54) is 18.3 Å². The summed E-state index contributed by atoms with van der Waals surface area (Å²) in [5.74, 6) is -0.505. The van der Waals surface area contributed by atoms with Crippen LogP contribution in [0.4, 0.5) is 0 Å². The molecule has 1 fully saturated rings. The van der Waals surface area contributed by atoms with E-state index in [1.54, 1.807) is 6.07 Å². The highest BCUT2D eigenvalue weighted by Gasteiger charge is 2.28. The van der Waals surface area contributed by atoms with Crippen LogP contribution in [0.15, 0.2) is 40.3 Å². The predicted octanol–water partition coefficient (Wildman–Crippen LogP) is 2.33. The molecule has 0 amide bonds. The molecule has 24 heavy (non-hydrogen) atoms. The summed E-state index contributed by atoms with van der Waals surface area (Å²) in [4.78, 5) is 24.9. The van der Waals surface area contributed by atoms with Gasteiger partial charge in [-0.25, -0.2) is 17.8 Å². The van der Waals surface area contributed by atoms with Gasteiger partial charge in [0.1, 0.15) is 0 Å². The Bertz CT molecular complexity index is 947. The third kappa shape index (κ3) is 2.73. The molecule has 1 saturated carbocycles. The molecule has 6 nitrogen and oxygen atoms in total. The molecule has 0 bridgehead atoms. The largest absolute Gasteiger partial charge is 0.349 e. The summed E-state index contributed by atoms with van der Waals surface area (Å²) in [5, 5.41) is 0. The van der Waals surface area contributed by atoms with E-state index in [4.69, 9.17) is 0 Å². The van der Waals surface area contributed by atoms with E-state index in [0.717, 1.165) is 47.6 Å². The Morgan fingerprint density at radius 1 is 1.08 bits per heavy atom. The number of carbonyl (C=O) groups is 1. The number of nitrogens with zero attached hydrogens (tertiary/aromatic N) is 2. The molecule has 7 heteroatoms. The van der Waals surface area contributed by atoms with Crippen molar-refractivity contribution in [1.29, 1.82) is 0 Å². The van der Waals surface area contributed by atoms with Crippen LogP contribution in [0.1, 0.15) is 41.6 Å². The second-order valence-electron chi connectivity index (χ2n) is 6.32. The quantitative estimate of drug-likeness (QED) is 0.853. The lowest BCUT2D eigenvalue weighted by Crippen LogP contribution is -2.34. The van der Waals surface area contributed by atoms with Crippen LogP contribution < -0.4 is 5.69 Å². The maximum Gasteiger partial charge on any atom is 0.349 e. The maximum atomic E-state index is 12.7. The van der Waals surface area contributed by atoms with Gasteiger partial charge in [0, 0.05) is 18.3 Å². The number of imidazole rings is 1. The number of benzene rings is 1. The Balaban J connectivity index is 2.02. The Labute approximate surface area is 140 Å². The normalized spacial score (nSPS) is 15.8. The average Bonchev–Trinajstić information content (AvgIpc) is 3.19. The number of hydrogen-bond donors (Lipinski definition) is 0. The van der Waals surface area contributed by atoms with Crippen molar-refractivity contribution >= 4 is 15.9 Å². The van der Waals surface area contributed by atoms with Crippen LogP contribution in [0.5, 0.6) is 0 Å². The lowest BCUT2D eigenvalue weighted by molar-refractivity contribution is 0.0832. The van der Waals surface area contributed by atoms with Crippen molar-refractivity contribution in [2.75, 3.05) is 0 Å². The molecule has 1 heterocycles. The topological polar surface area (TPSA) is 78.1 Å². The SMILES string of the molecule is Cc1ccc(S(=O)(=O)n2ccn(C(=O)C3CCCC3)c2=O)cc1C. The summed E-state index contributed by atoms with van der Waals surface area (Å²) >= 11 is 0. The van der Waals surface area contributed by atoms with Crippen molar-refractivity contribution in [1.82, 2.24) is 8.54 Å². The van der Waals surface area contributed by atoms with E-state index in [2.05, 4.69) is 0 Å². The molecule has 3 rings (SSSR count). The molecule has 2 aromatic rings. The van der Waals surface area contributed by atoms with Gasteiger partial charge in [-0.05, 0) is 49.9 Å². The first kappa shape index (κ1) is 16.7. The van der Waals surface area contributed by atoms with E-state index in [1.807, 2.05) is 13.8 Å². The van der Waals surface area contributed by atoms with Crippen LogP contribution in [-0.2, 0) is 10.0 Å². The minimum Gasteiger partial charge on any atom is -0.274 e. The first-order valence-electron chi connectivity index (χ1n) is 7.99. The minimum absolute atomic E-state index is 0.0405. The highest BCUT2D eigenvalue weighted by molar-refractivity contribution is 7.90. The molecule has 0 unspecified atom stereocenters. The molecule has 0 N–H and O–H groups in total. The van der Waals surface area contributed by atoms with Crippen LogP contribution >= 0.6 is 0 Å². The molecule has 1 aliphatic carbocycles. The van der Waals surface area contributed by atoms with Gasteiger partial charge in [-0.2, -0.15) is 3.97 Å². The fourth-order valence-corrected chi connectivity index (χ4v) is 4.37. The molecule has 1 aromatic heterocycles. The van der Waals surface area contributed by atoms with Crippen LogP contribution in [0.3, 0.4) is 0 Å². The van der Waals surface area contributed by atoms with Crippen LogP contribution in [0.25, 0.3) is 0 Å². The van der Waals surface area contributed by atoms with Gasteiger partial charge in [0.25, 0.3) is 10.0 Å². The second kappa shape index (κ2) is 6.05. The van der Waals surface area contributed by atoms with Crippen molar-refractivity contribution in [3.8, 4) is 0 Å². The lowest BCUT2D eigenvalue weighted by atomic mass is 10.1. The number of carbonyl (C=O) groups excluding carboxylic acids is 1. The van der Waals surface area contributed by atoms with Crippen LogP contribution in [0.2, 0.25) is 0 Å². The molecule has 0 spiro atoms. The fraction of sp³-hybridized carbons (Fsp3) is 0.412. The Morgan fingerprint density at radius 2 is 1.75 bits per heavy atom. The van der Waals surface area contributed by atoms with E-state index in [9.17, 15) is 18.0 Å². The van der Waals surface area contributed by atoms with Crippen LogP contribution in [-0.4, -0.2) is 22.9 Å². The van der Waals surface area contributed by atoms with Gasteiger partial charge in [0.05, 0.1) is 4.90 Å². The zero-order valence-corrected chi connectivity index (χ0v) is 14.5. The van der Waals surface area contributed by atoms with Gasteiger partial charge in [-0.1, -0.05) is 18.9 Å². The monoisotopic (exact) mass is 348 g/mol. The van der Waals surface area contributed by atoms with Gasteiger partial charge in [0.15, 0.2) is 0 Å². The molecule has 1 aromatic carbocycles. The molecular formula is C17H20N2O4S. The average molecular weight is 348 g/mol.